The number of sulfonamides is 1. The van der Waals surface area contributed by atoms with Gasteiger partial charge in [0.2, 0.25) is 15.9 Å². The average molecular weight is 297 g/mol. The Morgan fingerprint density at radius 2 is 2.10 bits per heavy atom. The van der Waals surface area contributed by atoms with Crippen LogP contribution in [0, 0.1) is 6.92 Å². The summed E-state index contributed by atoms with van der Waals surface area (Å²) in [4.78, 5) is 11.6. The number of hydrogen-bond donors (Lipinski definition) is 3. The summed E-state index contributed by atoms with van der Waals surface area (Å²) >= 11 is 0. The molecule has 0 radical (unpaired) electrons. The molecule has 6 nitrogen and oxygen atoms in total. The van der Waals surface area contributed by atoms with Crippen molar-refractivity contribution in [2.45, 2.75) is 37.1 Å². The van der Waals surface area contributed by atoms with Crippen LogP contribution < -0.4 is 15.8 Å². The standard InChI is InChI=1S/C13H19N3O3S/c1-9-11(14)3-2-4-12(9)20(18,19)15-8-7-13(17)16-10-5-6-10/h2-4,10,15H,5-8,14H2,1H3,(H,16,17). The highest BCUT2D eigenvalue weighted by Crippen LogP contribution is 2.20. The van der Waals surface area contributed by atoms with Gasteiger partial charge < -0.3 is 11.1 Å². The topological polar surface area (TPSA) is 101 Å². The van der Waals surface area contributed by atoms with Crippen LogP contribution in [0.1, 0.15) is 24.8 Å². The van der Waals surface area contributed by atoms with E-state index in [1.165, 1.54) is 6.07 Å². The summed E-state index contributed by atoms with van der Waals surface area (Å²) in [5, 5.41) is 2.81. The molecule has 0 unspecified atom stereocenters. The number of hydrogen-bond acceptors (Lipinski definition) is 4. The first-order valence-electron chi connectivity index (χ1n) is 6.54. The van der Waals surface area contributed by atoms with Gasteiger partial charge in [-0.1, -0.05) is 6.07 Å². The fourth-order valence-electron chi connectivity index (χ4n) is 1.83. The second-order valence-corrected chi connectivity index (χ2v) is 6.70. The van der Waals surface area contributed by atoms with Crippen molar-refractivity contribution < 1.29 is 13.2 Å². The lowest BCUT2D eigenvalue weighted by molar-refractivity contribution is -0.121. The van der Waals surface area contributed by atoms with Crippen LogP contribution >= 0.6 is 0 Å². The van der Waals surface area contributed by atoms with E-state index >= 15 is 0 Å². The molecule has 0 heterocycles. The molecule has 1 saturated carbocycles. The van der Waals surface area contributed by atoms with Crippen molar-refractivity contribution in [2.24, 2.45) is 0 Å². The maximum atomic E-state index is 12.1. The molecule has 0 spiro atoms. The van der Waals surface area contributed by atoms with Gasteiger partial charge in [0.1, 0.15) is 0 Å². The lowest BCUT2D eigenvalue weighted by Crippen LogP contribution is -2.32. The lowest BCUT2D eigenvalue weighted by Gasteiger charge is -2.10. The summed E-state index contributed by atoms with van der Waals surface area (Å²) in [5.41, 5.74) is 6.65. The number of carbonyl (C=O) groups is 1. The van der Waals surface area contributed by atoms with Gasteiger partial charge in [0.05, 0.1) is 4.90 Å². The molecule has 0 bridgehead atoms. The van der Waals surface area contributed by atoms with E-state index in [9.17, 15) is 13.2 Å². The summed E-state index contributed by atoms with van der Waals surface area (Å²) in [6, 6.07) is 5.03. The monoisotopic (exact) mass is 297 g/mol. The van der Waals surface area contributed by atoms with Crippen LogP contribution in [0.4, 0.5) is 5.69 Å². The van der Waals surface area contributed by atoms with Crippen LogP contribution in [-0.2, 0) is 14.8 Å². The minimum Gasteiger partial charge on any atom is -0.398 e. The van der Waals surface area contributed by atoms with E-state index in [0.29, 0.717) is 11.3 Å². The molecule has 2 rings (SSSR count). The van der Waals surface area contributed by atoms with Crippen molar-refractivity contribution in [3.63, 3.8) is 0 Å². The Hall–Kier alpha value is -1.60. The van der Waals surface area contributed by atoms with Gasteiger partial charge in [0.15, 0.2) is 0 Å². The van der Waals surface area contributed by atoms with E-state index in [0.717, 1.165) is 12.8 Å². The van der Waals surface area contributed by atoms with Gasteiger partial charge in [-0.3, -0.25) is 4.79 Å². The van der Waals surface area contributed by atoms with Gasteiger partial charge in [-0.2, -0.15) is 0 Å². The fraction of sp³-hybridized carbons (Fsp3) is 0.462. The van der Waals surface area contributed by atoms with Crippen molar-refractivity contribution in [1.82, 2.24) is 10.0 Å². The van der Waals surface area contributed by atoms with E-state index in [1.807, 2.05) is 0 Å². The number of benzene rings is 1. The van der Waals surface area contributed by atoms with Crippen LogP contribution in [0.15, 0.2) is 23.1 Å². The summed E-state index contributed by atoms with van der Waals surface area (Å²) in [6.45, 7) is 1.73. The smallest absolute Gasteiger partial charge is 0.240 e. The van der Waals surface area contributed by atoms with E-state index < -0.39 is 10.0 Å². The number of nitrogen functional groups attached to an aromatic ring is 1. The number of amides is 1. The molecular weight excluding hydrogens is 278 g/mol. The van der Waals surface area contributed by atoms with E-state index in [2.05, 4.69) is 10.0 Å². The molecule has 1 amide bonds. The van der Waals surface area contributed by atoms with Crippen LogP contribution in [0.2, 0.25) is 0 Å². The van der Waals surface area contributed by atoms with Crippen molar-refractivity contribution >= 4 is 21.6 Å². The van der Waals surface area contributed by atoms with Crippen molar-refractivity contribution in [3.05, 3.63) is 23.8 Å². The molecule has 1 aliphatic rings. The first-order valence-corrected chi connectivity index (χ1v) is 8.02. The lowest BCUT2D eigenvalue weighted by atomic mass is 10.2. The second kappa shape index (κ2) is 5.80. The van der Waals surface area contributed by atoms with Crippen LogP contribution in [0.25, 0.3) is 0 Å². The molecular formula is C13H19N3O3S. The number of carbonyl (C=O) groups excluding carboxylic acids is 1. The van der Waals surface area contributed by atoms with Gasteiger partial charge in [-0.25, -0.2) is 13.1 Å². The van der Waals surface area contributed by atoms with Crippen LogP contribution in [0.3, 0.4) is 0 Å². The molecule has 7 heteroatoms. The Bertz CT molecular complexity index is 609. The second-order valence-electron chi connectivity index (χ2n) is 4.96. The predicted octanol–water partition coefficient (Wildman–Crippen LogP) is 0.524. The Balaban J connectivity index is 1.93. The molecule has 4 N–H and O–H groups in total. The third kappa shape index (κ3) is 3.71. The van der Waals surface area contributed by atoms with Gasteiger partial charge in [0, 0.05) is 24.7 Å². The van der Waals surface area contributed by atoms with Crippen LogP contribution in [0.5, 0.6) is 0 Å². The quantitative estimate of drug-likeness (QED) is 0.666. The van der Waals surface area contributed by atoms with Gasteiger partial charge >= 0.3 is 0 Å². The van der Waals surface area contributed by atoms with Crippen molar-refractivity contribution in [2.75, 3.05) is 12.3 Å². The van der Waals surface area contributed by atoms with E-state index in [4.69, 9.17) is 5.73 Å². The first kappa shape index (κ1) is 14.8. The molecule has 110 valence electrons. The highest BCUT2D eigenvalue weighted by molar-refractivity contribution is 7.89. The Labute approximate surface area is 118 Å². The molecule has 1 aromatic carbocycles. The third-order valence-electron chi connectivity index (χ3n) is 3.20. The number of nitrogens with one attached hydrogen (secondary N) is 2. The van der Waals surface area contributed by atoms with Crippen molar-refractivity contribution in [1.29, 1.82) is 0 Å². The highest BCUT2D eigenvalue weighted by atomic mass is 32.2. The van der Waals surface area contributed by atoms with Gasteiger partial charge in [-0.05, 0) is 37.5 Å². The highest BCUT2D eigenvalue weighted by Gasteiger charge is 2.23. The fourth-order valence-corrected chi connectivity index (χ4v) is 3.13. The Morgan fingerprint density at radius 3 is 2.75 bits per heavy atom. The van der Waals surface area contributed by atoms with E-state index in [-0.39, 0.29) is 29.8 Å². The third-order valence-corrected chi connectivity index (χ3v) is 4.81. The van der Waals surface area contributed by atoms with Gasteiger partial charge in [-0.15, -0.1) is 0 Å². The summed E-state index contributed by atoms with van der Waals surface area (Å²) in [6.07, 6.45) is 2.16. The van der Waals surface area contributed by atoms with E-state index in [1.54, 1.807) is 19.1 Å². The zero-order chi connectivity index (χ0) is 14.8. The maximum Gasteiger partial charge on any atom is 0.240 e. The average Bonchev–Trinajstić information content (AvgIpc) is 3.16. The Morgan fingerprint density at radius 1 is 1.40 bits per heavy atom. The summed E-state index contributed by atoms with van der Waals surface area (Å²) in [7, 11) is -3.63. The minimum absolute atomic E-state index is 0.0785. The summed E-state index contributed by atoms with van der Waals surface area (Å²) < 4.78 is 26.7. The molecule has 1 aliphatic carbocycles. The molecule has 0 aliphatic heterocycles. The zero-order valence-corrected chi connectivity index (χ0v) is 12.2. The Kier molecular flexibility index (Phi) is 4.29. The van der Waals surface area contributed by atoms with Crippen molar-refractivity contribution in [3.8, 4) is 0 Å². The molecule has 0 atom stereocenters. The number of anilines is 1. The molecule has 1 aromatic rings. The van der Waals surface area contributed by atoms with Gasteiger partial charge in [0.25, 0.3) is 0 Å². The number of rotatable bonds is 6. The largest absolute Gasteiger partial charge is 0.398 e. The molecule has 0 aromatic heterocycles. The zero-order valence-electron chi connectivity index (χ0n) is 11.3. The predicted molar refractivity (Wildman–Crippen MR) is 76.6 cm³/mol. The minimum atomic E-state index is -3.63. The molecule has 20 heavy (non-hydrogen) atoms. The normalized spacial score (nSPS) is 15.1. The van der Waals surface area contributed by atoms with Crippen LogP contribution in [-0.4, -0.2) is 26.9 Å². The maximum absolute atomic E-state index is 12.1. The first-order chi connectivity index (χ1) is 9.40. The molecule has 0 saturated heterocycles. The number of nitrogens with two attached hydrogens (primary N) is 1. The molecule has 1 fully saturated rings. The SMILES string of the molecule is Cc1c(N)cccc1S(=O)(=O)NCCC(=O)NC1CC1. The summed E-state index contributed by atoms with van der Waals surface area (Å²) in [5.74, 6) is -0.125.